The highest BCUT2D eigenvalue weighted by molar-refractivity contribution is 6.34. The van der Waals surface area contributed by atoms with Crippen LogP contribution in [0, 0.1) is 24.7 Å². The van der Waals surface area contributed by atoms with E-state index < -0.39 is 52.9 Å². The number of amides is 2. The molecule has 0 aliphatic carbocycles. The number of aliphatic hydroxyl groups is 1. The maximum Gasteiger partial charge on any atom is 0.310 e. The lowest BCUT2D eigenvalue weighted by Gasteiger charge is -2.41. The Kier molecular flexibility index (Phi) is 7.49. The van der Waals surface area contributed by atoms with Gasteiger partial charge in [-0.25, -0.2) is 0 Å². The average molecular weight is 533 g/mol. The molecule has 8 nitrogen and oxygen atoms in total. The van der Waals surface area contributed by atoms with E-state index in [0.29, 0.717) is 36.4 Å². The van der Waals surface area contributed by atoms with Crippen molar-refractivity contribution >= 4 is 35.1 Å². The number of fused-ring (bicyclic) bond motifs is 1. The van der Waals surface area contributed by atoms with Gasteiger partial charge in [-0.1, -0.05) is 57.0 Å². The van der Waals surface area contributed by atoms with E-state index in [0.717, 1.165) is 5.56 Å². The number of carbonyl (C=O) groups excluding carboxylic acids is 2. The van der Waals surface area contributed by atoms with Gasteiger partial charge < -0.3 is 24.7 Å². The van der Waals surface area contributed by atoms with E-state index in [2.05, 4.69) is 6.58 Å². The van der Waals surface area contributed by atoms with Gasteiger partial charge in [0.05, 0.1) is 34.9 Å². The van der Waals surface area contributed by atoms with Crippen LogP contribution in [0.4, 0.5) is 5.69 Å². The number of likely N-dealkylation sites (tertiary alicyclic amines) is 1. The number of benzene rings is 1. The van der Waals surface area contributed by atoms with Crippen LogP contribution >= 0.6 is 11.6 Å². The highest BCUT2D eigenvalue weighted by atomic mass is 35.5. The molecule has 202 valence electrons. The second-order valence-corrected chi connectivity index (χ2v) is 11.1. The zero-order valence-corrected chi connectivity index (χ0v) is 22.7. The number of hydrogen-bond donors (Lipinski definition) is 2. The molecule has 3 fully saturated rings. The van der Waals surface area contributed by atoms with E-state index in [4.69, 9.17) is 16.3 Å². The maximum absolute atomic E-state index is 14.6. The second kappa shape index (κ2) is 10.0. The number of para-hydroxylation sites is 1. The minimum atomic E-state index is -1.30. The summed E-state index contributed by atoms with van der Waals surface area (Å²) in [6, 6.07) is 3.57. The first-order chi connectivity index (χ1) is 17.5. The Morgan fingerprint density at radius 1 is 1.35 bits per heavy atom. The van der Waals surface area contributed by atoms with E-state index in [1.165, 1.54) is 9.80 Å². The Morgan fingerprint density at radius 3 is 2.59 bits per heavy atom. The van der Waals surface area contributed by atoms with Gasteiger partial charge in [0, 0.05) is 6.54 Å². The van der Waals surface area contributed by atoms with E-state index in [1.807, 2.05) is 33.8 Å². The number of carboxylic acid groups (broad SMARTS) is 1. The summed E-state index contributed by atoms with van der Waals surface area (Å²) in [5.74, 6) is -4.14. The van der Waals surface area contributed by atoms with E-state index in [1.54, 1.807) is 18.2 Å². The molecule has 3 heterocycles. The molecular formula is C28H37ClN2O6. The van der Waals surface area contributed by atoms with Crippen molar-refractivity contribution in [3.63, 3.8) is 0 Å². The first-order valence-corrected chi connectivity index (χ1v) is 13.5. The van der Waals surface area contributed by atoms with Gasteiger partial charge in [-0.2, -0.15) is 0 Å². The predicted molar refractivity (Wildman–Crippen MR) is 140 cm³/mol. The number of ether oxygens (including phenoxy) is 1. The van der Waals surface area contributed by atoms with E-state index in [9.17, 15) is 24.6 Å². The quantitative estimate of drug-likeness (QED) is 0.444. The molecule has 3 aliphatic heterocycles. The number of carboxylic acids is 1. The van der Waals surface area contributed by atoms with Gasteiger partial charge in [0.15, 0.2) is 0 Å². The SMILES string of the molecule is C=CCN(C(=O)C1N([C@@H](CO)[C@@H](C)CC)C(=O)[C@@H]2[C@H](C(=O)O)[C@]3(CC)CCC12O3)c1c(C)cccc1Cl. The maximum atomic E-state index is 14.6. The number of hydrogen-bond acceptors (Lipinski definition) is 5. The molecular weight excluding hydrogens is 496 g/mol. The van der Waals surface area contributed by atoms with Gasteiger partial charge in [-0.3, -0.25) is 14.4 Å². The summed E-state index contributed by atoms with van der Waals surface area (Å²) in [5, 5.41) is 21.1. The number of aliphatic carboxylic acids is 1. The zero-order chi connectivity index (χ0) is 27.3. The standard InChI is InChI=1S/C28H37ClN2O6/c1-6-14-30(22-17(5)10-9-11-18(22)29)25(34)23-28-13-12-27(8-3,37-28)21(26(35)36)20(28)24(33)31(23)19(15-32)16(4)7-2/h6,9-11,16,19-21,23,32H,1,7-8,12-15H2,2-5H3,(H,35,36)/t16-,19-,20-,21+,23?,27-,28?/m0/s1. The van der Waals surface area contributed by atoms with Gasteiger partial charge in [-0.05, 0) is 43.7 Å². The molecule has 2 N–H and O–H groups in total. The van der Waals surface area contributed by atoms with E-state index in [-0.39, 0.29) is 19.1 Å². The molecule has 4 rings (SSSR count). The molecule has 3 aliphatic rings. The lowest BCUT2D eigenvalue weighted by molar-refractivity contribution is -0.158. The molecule has 1 aromatic carbocycles. The van der Waals surface area contributed by atoms with Crippen molar-refractivity contribution in [2.45, 2.75) is 76.7 Å². The highest BCUT2D eigenvalue weighted by Crippen LogP contribution is 2.65. The predicted octanol–water partition coefficient (Wildman–Crippen LogP) is 3.81. The minimum absolute atomic E-state index is 0.130. The molecule has 0 radical (unpaired) electrons. The van der Waals surface area contributed by atoms with Crippen molar-refractivity contribution in [1.82, 2.24) is 4.90 Å². The summed E-state index contributed by atoms with van der Waals surface area (Å²) in [6.45, 7) is 11.2. The smallest absolute Gasteiger partial charge is 0.310 e. The number of rotatable bonds is 10. The van der Waals surface area contributed by atoms with Crippen LogP contribution in [0.25, 0.3) is 0 Å². The van der Waals surface area contributed by atoms with Crippen LogP contribution in [0.15, 0.2) is 30.9 Å². The minimum Gasteiger partial charge on any atom is -0.481 e. The monoisotopic (exact) mass is 532 g/mol. The molecule has 2 unspecified atom stereocenters. The summed E-state index contributed by atoms with van der Waals surface area (Å²) in [5.41, 5.74) is -1.02. The summed E-state index contributed by atoms with van der Waals surface area (Å²) >= 11 is 6.58. The third-order valence-corrected chi connectivity index (χ3v) is 9.31. The van der Waals surface area contributed by atoms with Crippen molar-refractivity contribution in [3.8, 4) is 0 Å². The van der Waals surface area contributed by atoms with Gasteiger partial charge >= 0.3 is 5.97 Å². The van der Waals surface area contributed by atoms with Crippen molar-refractivity contribution in [1.29, 1.82) is 0 Å². The number of halogens is 1. The Bertz CT molecular complexity index is 1090. The number of aliphatic hydroxyl groups excluding tert-OH is 1. The Balaban J connectivity index is 1.92. The molecule has 7 atom stereocenters. The topological polar surface area (TPSA) is 107 Å². The largest absolute Gasteiger partial charge is 0.481 e. The normalized spacial score (nSPS) is 31.8. The summed E-state index contributed by atoms with van der Waals surface area (Å²) < 4.78 is 6.63. The van der Waals surface area contributed by atoms with Crippen LogP contribution in [0.3, 0.4) is 0 Å². The Hall–Kier alpha value is -2.42. The van der Waals surface area contributed by atoms with Gasteiger partial charge in [0.2, 0.25) is 5.91 Å². The lowest BCUT2D eigenvalue weighted by atomic mass is 9.65. The number of anilines is 1. The van der Waals surface area contributed by atoms with Gasteiger partial charge in [0.1, 0.15) is 17.6 Å². The summed E-state index contributed by atoms with van der Waals surface area (Å²) in [4.78, 5) is 44.4. The van der Waals surface area contributed by atoms with Crippen LogP contribution in [-0.4, -0.2) is 69.3 Å². The number of carbonyl (C=O) groups is 3. The Labute approximate surface area is 223 Å². The fourth-order valence-electron chi connectivity index (χ4n) is 7.02. The molecule has 0 saturated carbocycles. The fraction of sp³-hybridized carbons (Fsp3) is 0.607. The van der Waals surface area contributed by atoms with Crippen molar-refractivity contribution in [2.24, 2.45) is 17.8 Å². The van der Waals surface area contributed by atoms with Gasteiger partial charge in [-0.15, -0.1) is 6.58 Å². The van der Waals surface area contributed by atoms with Crippen LogP contribution in [0.1, 0.15) is 52.0 Å². The van der Waals surface area contributed by atoms with Gasteiger partial charge in [0.25, 0.3) is 5.91 Å². The molecule has 37 heavy (non-hydrogen) atoms. The van der Waals surface area contributed by atoms with Crippen molar-refractivity contribution in [3.05, 3.63) is 41.4 Å². The molecule has 1 spiro atoms. The fourth-order valence-corrected chi connectivity index (χ4v) is 7.34. The van der Waals surface area contributed by atoms with Crippen LogP contribution in [0.2, 0.25) is 5.02 Å². The molecule has 2 bridgehead atoms. The molecule has 1 aromatic rings. The first kappa shape index (κ1) is 27.6. The van der Waals surface area contributed by atoms with Crippen molar-refractivity contribution in [2.75, 3.05) is 18.1 Å². The van der Waals surface area contributed by atoms with E-state index >= 15 is 0 Å². The van der Waals surface area contributed by atoms with Crippen molar-refractivity contribution < 1.29 is 29.3 Å². The lowest BCUT2D eigenvalue weighted by Crippen LogP contribution is -2.60. The summed E-state index contributed by atoms with van der Waals surface area (Å²) in [6.07, 6.45) is 3.51. The molecule has 3 saturated heterocycles. The Morgan fingerprint density at radius 2 is 2.05 bits per heavy atom. The number of aryl methyl sites for hydroxylation is 1. The molecule has 9 heteroatoms. The number of nitrogens with zero attached hydrogens (tertiary/aromatic N) is 2. The van der Waals surface area contributed by atoms with Crippen LogP contribution in [-0.2, 0) is 19.1 Å². The van der Waals surface area contributed by atoms with Crippen LogP contribution in [0.5, 0.6) is 0 Å². The molecule has 0 aromatic heterocycles. The molecule has 2 amide bonds. The third-order valence-electron chi connectivity index (χ3n) is 9.00. The zero-order valence-electron chi connectivity index (χ0n) is 21.9. The second-order valence-electron chi connectivity index (χ2n) is 10.7. The summed E-state index contributed by atoms with van der Waals surface area (Å²) in [7, 11) is 0. The third kappa shape index (κ3) is 3.91. The first-order valence-electron chi connectivity index (χ1n) is 13.1. The average Bonchev–Trinajstić information content (AvgIpc) is 3.47. The van der Waals surface area contributed by atoms with Crippen LogP contribution < -0.4 is 4.90 Å². The highest BCUT2D eigenvalue weighted by Gasteiger charge is 2.79.